The summed E-state index contributed by atoms with van der Waals surface area (Å²) >= 11 is 5.92. The number of methoxy groups -OCH3 is 1. The van der Waals surface area contributed by atoms with E-state index in [2.05, 4.69) is 15.4 Å². The van der Waals surface area contributed by atoms with E-state index >= 15 is 0 Å². The summed E-state index contributed by atoms with van der Waals surface area (Å²) in [6, 6.07) is 6.75. The molecule has 0 aromatic heterocycles. The van der Waals surface area contributed by atoms with Crippen LogP contribution in [0.1, 0.15) is 6.42 Å². The first kappa shape index (κ1) is 16.1. The van der Waals surface area contributed by atoms with Crippen LogP contribution in [0.3, 0.4) is 0 Å². The van der Waals surface area contributed by atoms with Gasteiger partial charge in [0.25, 0.3) is 0 Å². The van der Waals surface area contributed by atoms with Gasteiger partial charge in [0, 0.05) is 6.54 Å². The molecule has 0 saturated heterocycles. The Labute approximate surface area is 122 Å². The maximum atomic E-state index is 11.3. The lowest BCUT2D eigenvalue weighted by atomic mass is 10.3. The second-order valence-corrected chi connectivity index (χ2v) is 4.23. The van der Waals surface area contributed by atoms with Gasteiger partial charge in [-0.25, -0.2) is 4.79 Å². The summed E-state index contributed by atoms with van der Waals surface area (Å²) in [5.41, 5.74) is 0. The first-order valence-corrected chi connectivity index (χ1v) is 6.47. The van der Waals surface area contributed by atoms with E-state index in [0.29, 0.717) is 30.3 Å². The van der Waals surface area contributed by atoms with Crippen LogP contribution in [-0.2, 0) is 9.53 Å². The van der Waals surface area contributed by atoms with Crippen LogP contribution in [0.4, 0.5) is 4.79 Å². The molecule has 0 spiro atoms. The fourth-order valence-electron chi connectivity index (χ4n) is 1.31. The molecule has 0 unspecified atom stereocenters. The lowest BCUT2D eigenvalue weighted by molar-refractivity contribution is -0.139. The van der Waals surface area contributed by atoms with E-state index in [4.69, 9.17) is 16.3 Å². The highest BCUT2D eigenvalue weighted by Gasteiger charge is 2.04. The average molecular weight is 301 g/mol. The smallest absolute Gasteiger partial charge is 0.325 e. The second kappa shape index (κ2) is 9.03. The highest BCUT2D eigenvalue weighted by atomic mass is 35.5. The first-order chi connectivity index (χ1) is 9.63. The molecule has 0 aliphatic heterocycles. The molecule has 20 heavy (non-hydrogen) atoms. The van der Waals surface area contributed by atoms with Gasteiger partial charge in [0.05, 0.1) is 18.7 Å². The van der Waals surface area contributed by atoms with Crippen LogP contribution in [0, 0.1) is 0 Å². The molecule has 0 heterocycles. The van der Waals surface area contributed by atoms with Gasteiger partial charge in [-0.2, -0.15) is 0 Å². The normalized spacial score (nSPS) is 9.70. The summed E-state index contributed by atoms with van der Waals surface area (Å²) in [6.07, 6.45) is 0.622. The van der Waals surface area contributed by atoms with Gasteiger partial charge in [-0.3, -0.25) is 4.79 Å². The van der Waals surface area contributed by atoms with Crippen LogP contribution in [0.5, 0.6) is 5.75 Å². The predicted octanol–water partition coefficient (Wildman–Crippen LogP) is 1.58. The zero-order valence-corrected chi connectivity index (χ0v) is 11.9. The third-order valence-electron chi connectivity index (χ3n) is 2.32. The SMILES string of the molecule is COC(=O)CNC(=O)NCCCOc1ccccc1Cl. The van der Waals surface area contributed by atoms with Crippen molar-refractivity contribution in [1.82, 2.24) is 10.6 Å². The topological polar surface area (TPSA) is 76.7 Å². The number of halogens is 1. The maximum Gasteiger partial charge on any atom is 0.325 e. The molecule has 0 aliphatic carbocycles. The Bertz CT molecular complexity index is 454. The number of urea groups is 1. The van der Waals surface area contributed by atoms with Crippen molar-refractivity contribution in [2.24, 2.45) is 0 Å². The van der Waals surface area contributed by atoms with Crippen LogP contribution in [0.2, 0.25) is 5.02 Å². The Hall–Kier alpha value is -1.95. The summed E-state index contributed by atoms with van der Waals surface area (Å²) in [5, 5.41) is 5.51. The van der Waals surface area contributed by atoms with Crippen LogP contribution in [0.15, 0.2) is 24.3 Å². The van der Waals surface area contributed by atoms with E-state index in [0.717, 1.165) is 0 Å². The third kappa shape index (κ3) is 6.29. The highest BCUT2D eigenvalue weighted by molar-refractivity contribution is 6.32. The van der Waals surface area contributed by atoms with Crippen molar-refractivity contribution in [3.8, 4) is 5.75 Å². The number of rotatable bonds is 7. The fourth-order valence-corrected chi connectivity index (χ4v) is 1.50. The number of hydrogen-bond acceptors (Lipinski definition) is 4. The molecule has 1 rings (SSSR count). The molecule has 0 bridgehead atoms. The number of hydrogen-bond donors (Lipinski definition) is 2. The van der Waals surface area contributed by atoms with Crippen LogP contribution in [-0.4, -0.2) is 38.8 Å². The Morgan fingerprint density at radius 2 is 2.00 bits per heavy atom. The summed E-state index contributed by atoms with van der Waals surface area (Å²) in [7, 11) is 1.26. The highest BCUT2D eigenvalue weighted by Crippen LogP contribution is 2.22. The lowest BCUT2D eigenvalue weighted by Gasteiger charge is -2.09. The number of carbonyl (C=O) groups is 2. The average Bonchev–Trinajstić information content (AvgIpc) is 2.46. The summed E-state index contributed by atoms with van der Waals surface area (Å²) < 4.78 is 9.85. The van der Waals surface area contributed by atoms with E-state index in [9.17, 15) is 9.59 Å². The van der Waals surface area contributed by atoms with E-state index < -0.39 is 12.0 Å². The number of carbonyl (C=O) groups excluding carboxylic acids is 2. The van der Waals surface area contributed by atoms with Gasteiger partial charge in [-0.1, -0.05) is 23.7 Å². The monoisotopic (exact) mass is 300 g/mol. The van der Waals surface area contributed by atoms with Crippen molar-refractivity contribution in [1.29, 1.82) is 0 Å². The van der Waals surface area contributed by atoms with Gasteiger partial charge in [-0.15, -0.1) is 0 Å². The minimum Gasteiger partial charge on any atom is -0.492 e. The zero-order valence-electron chi connectivity index (χ0n) is 11.1. The maximum absolute atomic E-state index is 11.3. The molecular formula is C13H17ClN2O4. The first-order valence-electron chi connectivity index (χ1n) is 6.09. The standard InChI is InChI=1S/C13H17ClN2O4/c1-19-12(17)9-16-13(18)15-7-4-8-20-11-6-3-2-5-10(11)14/h2-3,5-6H,4,7-9H2,1H3,(H2,15,16,18). The van der Waals surface area contributed by atoms with Crippen molar-refractivity contribution in [2.45, 2.75) is 6.42 Å². The summed E-state index contributed by atoms with van der Waals surface area (Å²) in [4.78, 5) is 22.0. The van der Waals surface area contributed by atoms with E-state index in [1.54, 1.807) is 12.1 Å². The molecule has 2 amide bonds. The van der Waals surface area contributed by atoms with E-state index in [-0.39, 0.29) is 6.54 Å². The Morgan fingerprint density at radius 1 is 1.25 bits per heavy atom. The van der Waals surface area contributed by atoms with Crippen molar-refractivity contribution >= 4 is 23.6 Å². The number of nitrogens with one attached hydrogen (secondary N) is 2. The Morgan fingerprint density at radius 3 is 2.70 bits per heavy atom. The zero-order chi connectivity index (χ0) is 14.8. The molecule has 7 heteroatoms. The predicted molar refractivity (Wildman–Crippen MR) is 75.0 cm³/mol. The van der Waals surface area contributed by atoms with Gasteiger partial charge in [0.15, 0.2) is 0 Å². The van der Waals surface area contributed by atoms with Gasteiger partial charge in [-0.05, 0) is 18.6 Å². The number of benzene rings is 1. The lowest BCUT2D eigenvalue weighted by Crippen LogP contribution is -2.39. The minimum absolute atomic E-state index is 0.154. The molecule has 0 saturated carbocycles. The van der Waals surface area contributed by atoms with E-state index in [1.807, 2.05) is 12.1 Å². The van der Waals surface area contributed by atoms with Crippen molar-refractivity contribution in [3.05, 3.63) is 29.3 Å². The Kier molecular flexibility index (Phi) is 7.27. The number of ether oxygens (including phenoxy) is 2. The second-order valence-electron chi connectivity index (χ2n) is 3.82. The van der Waals surface area contributed by atoms with Crippen molar-refractivity contribution in [2.75, 3.05) is 26.8 Å². The van der Waals surface area contributed by atoms with Gasteiger partial charge >= 0.3 is 12.0 Å². The molecule has 110 valence electrons. The summed E-state index contributed by atoms with van der Waals surface area (Å²) in [5.74, 6) is 0.117. The molecule has 1 aromatic rings. The number of amides is 2. The molecule has 0 radical (unpaired) electrons. The van der Waals surface area contributed by atoms with Gasteiger partial charge < -0.3 is 20.1 Å². The minimum atomic E-state index is -0.498. The van der Waals surface area contributed by atoms with Gasteiger partial charge in [0.1, 0.15) is 12.3 Å². The quantitative estimate of drug-likeness (QED) is 0.592. The number of esters is 1. The van der Waals surface area contributed by atoms with Crippen LogP contribution >= 0.6 is 11.6 Å². The van der Waals surface area contributed by atoms with Crippen molar-refractivity contribution in [3.63, 3.8) is 0 Å². The van der Waals surface area contributed by atoms with Crippen LogP contribution < -0.4 is 15.4 Å². The van der Waals surface area contributed by atoms with Crippen molar-refractivity contribution < 1.29 is 19.1 Å². The molecule has 2 N–H and O–H groups in total. The number of para-hydroxylation sites is 1. The summed E-state index contributed by atoms with van der Waals surface area (Å²) in [6.45, 7) is 0.705. The molecule has 0 fully saturated rings. The third-order valence-corrected chi connectivity index (χ3v) is 2.63. The Balaban J connectivity index is 2.09. The molecular weight excluding hydrogens is 284 g/mol. The molecule has 6 nitrogen and oxygen atoms in total. The molecule has 0 atom stereocenters. The molecule has 0 aliphatic rings. The van der Waals surface area contributed by atoms with Crippen LogP contribution in [0.25, 0.3) is 0 Å². The fraction of sp³-hybridized carbons (Fsp3) is 0.385. The molecule has 1 aromatic carbocycles. The largest absolute Gasteiger partial charge is 0.492 e. The van der Waals surface area contributed by atoms with E-state index in [1.165, 1.54) is 7.11 Å². The van der Waals surface area contributed by atoms with Gasteiger partial charge in [0.2, 0.25) is 0 Å².